The van der Waals surface area contributed by atoms with Crippen LogP contribution in [0.15, 0.2) is 29.1 Å². The van der Waals surface area contributed by atoms with Gasteiger partial charge in [0.1, 0.15) is 0 Å². The van der Waals surface area contributed by atoms with E-state index in [-0.39, 0.29) is 11.6 Å². The lowest BCUT2D eigenvalue weighted by molar-refractivity contribution is 0.399. The van der Waals surface area contributed by atoms with Crippen LogP contribution in [0.25, 0.3) is 10.9 Å². The van der Waals surface area contributed by atoms with Gasteiger partial charge in [-0.1, -0.05) is 0 Å². The number of hydrogen-bond donors (Lipinski definition) is 2. The van der Waals surface area contributed by atoms with E-state index in [0.29, 0.717) is 22.5 Å². The van der Waals surface area contributed by atoms with E-state index in [1.54, 1.807) is 36.0 Å². The molecule has 20 heavy (non-hydrogen) atoms. The molecule has 2 heterocycles. The zero-order valence-electron chi connectivity index (χ0n) is 11.0. The number of anilines is 1. The summed E-state index contributed by atoms with van der Waals surface area (Å²) < 4.78 is 7.12. The molecule has 0 amide bonds. The van der Waals surface area contributed by atoms with Crippen molar-refractivity contribution in [3.63, 3.8) is 0 Å². The minimum absolute atomic E-state index is 0.121. The molecule has 0 saturated heterocycles. The van der Waals surface area contributed by atoms with Crippen LogP contribution in [0.5, 0.6) is 11.9 Å². The summed E-state index contributed by atoms with van der Waals surface area (Å²) in [6.45, 7) is 1.85. The van der Waals surface area contributed by atoms with Gasteiger partial charge in [0.25, 0.3) is 5.56 Å². The van der Waals surface area contributed by atoms with Gasteiger partial charge >= 0.3 is 6.01 Å². The molecule has 0 aliphatic carbocycles. The number of H-pyrrole nitrogens is 1. The second kappa shape index (κ2) is 4.37. The van der Waals surface area contributed by atoms with Crippen molar-refractivity contribution in [3.8, 4) is 11.9 Å². The highest BCUT2D eigenvalue weighted by atomic mass is 16.5. The van der Waals surface area contributed by atoms with Crippen LogP contribution in [0.2, 0.25) is 0 Å². The summed E-state index contributed by atoms with van der Waals surface area (Å²) >= 11 is 0. The fraction of sp³-hybridized carbons (Fsp3) is 0.154. The number of hydrogen-bond acceptors (Lipinski definition) is 5. The number of nitrogen functional groups attached to an aromatic ring is 1. The Balaban J connectivity index is 2.07. The number of aromatic amines is 1. The lowest BCUT2D eigenvalue weighted by atomic mass is 10.2. The van der Waals surface area contributed by atoms with Gasteiger partial charge < -0.3 is 10.5 Å². The zero-order chi connectivity index (χ0) is 14.3. The lowest BCUT2D eigenvalue weighted by Gasteiger charge is -2.05. The Kier molecular flexibility index (Phi) is 2.67. The molecule has 3 aromatic rings. The zero-order valence-corrected chi connectivity index (χ0v) is 11.0. The molecule has 3 rings (SSSR count). The van der Waals surface area contributed by atoms with Crippen molar-refractivity contribution in [2.75, 3.05) is 5.73 Å². The number of nitrogens with two attached hydrogens (primary N) is 1. The maximum absolute atomic E-state index is 12.0. The predicted octanol–water partition coefficient (Wildman–Crippen LogP) is 1.34. The van der Waals surface area contributed by atoms with Crippen LogP contribution in [-0.4, -0.2) is 19.7 Å². The molecule has 0 fully saturated rings. The summed E-state index contributed by atoms with van der Waals surface area (Å²) in [7, 11) is 1.75. The Morgan fingerprint density at radius 1 is 1.35 bits per heavy atom. The maximum atomic E-state index is 12.0. The molecule has 0 atom stereocenters. The van der Waals surface area contributed by atoms with Crippen LogP contribution >= 0.6 is 0 Å². The van der Waals surface area contributed by atoms with E-state index in [4.69, 9.17) is 10.5 Å². The normalized spacial score (nSPS) is 10.9. The molecular formula is C13H13N5O2. The molecule has 7 heteroatoms. The highest BCUT2D eigenvalue weighted by Crippen LogP contribution is 2.19. The fourth-order valence-electron chi connectivity index (χ4n) is 1.96. The Morgan fingerprint density at radius 2 is 2.15 bits per heavy atom. The van der Waals surface area contributed by atoms with Crippen LogP contribution in [0.1, 0.15) is 5.69 Å². The second-order valence-electron chi connectivity index (χ2n) is 4.50. The van der Waals surface area contributed by atoms with Crippen molar-refractivity contribution in [2.24, 2.45) is 7.05 Å². The van der Waals surface area contributed by atoms with Crippen molar-refractivity contribution >= 4 is 16.6 Å². The molecule has 0 unspecified atom stereocenters. The minimum Gasteiger partial charge on any atom is -0.407 e. The Labute approximate surface area is 114 Å². The molecule has 0 saturated carbocycles. The number of aromatic nitrogens is 4. The van der Waals surface area contributed by atoms with E-state index in [2.05, 4.69) is 15.1 Å². The summed E-state index contributed by atoms with van der Waals surface area (Å²) in [5.74, 6) is 0.500. The number of nitrogens with one attached hydrogen (secondary N) is 1. The molecule has 3 N–H and O–H groups in total. The molecule has 0 bridgehead atoms. The van der Waals surface area contributed by atoms with E-state index in [1.807, 2.05) is 6.92 Å². The largest absolute Gasteiger partial charge is 0.407 e. The van der Waals surface area contributed by atoms with Crippen molar-refractivity contribution in [2.45, 2.75) is 6.92 Å². The van der Waals surface area contributed by atoms with Crippen LogP contribution in [0.4, 0.5) is 5.69 Å². The van der Waals surface area contributed by atoms with Gasteiger partial charge in [-0.25, -0.2) is 4.68 Å². The van der Waals surface area contributed by atoms with E-state index in [9.17, 15) is 4.79 Å². The van der Waals surface area contributed by atoms with Gasteiger partial charge in [0.05, 0.1) is 16.6 Å². The van der Waals surface area contributed by atoms with Crippen LogP contribution < -0.4 is 16.0 Å². The number of benzene rings is 1. The monoisotopic (exact) mass is 271 g/mol. The Morgan fingerprint density at radius 3 is 2.85 bits per heavy atom. The van der Waals surface area contributed by atoms with Gasteiger partial charge in [-0.3, -0.25) is 9.78 Å². The summed E-state index contributed by atoms with van der Waals surface area (Å²) in [6, 6.07) is 6.83. The number of ether oxygens (including phenoxy) is 1. The third-order valence-corrected chi connectivity index (χ3v) is 2.87. The number of aryl methyl sites for hydroxylation is 2. The van der Waals surface area contributed by atoms with Crippen molar-refractivity contribution < 1.29 is 4.74 Å². The molecule has 0 aliphatic rings. The van der Waals surface area contributed by atoms with Gasteiger partial charge in [-0.15, -0.1) is 0 Å². The van der Waals surface area contributed by atoms with Crippen LogP contribution in [0, 0.1) is 6.92 Å². The van der Waals surface area contributed by atoms with Gasteiger partial charge in [0.2, 0.25) is 5.88 Å². The molecule has 1 aromatic carbocycles. The summed E-state index contributed by atoms with van der Waals surface area (Å²) in [5, 5.41) is 4.59. The Bertz CT molecular complexity index is 850. The first-order valence-corrected chi connectivity index (χ1v) is 6.01. The third kappa shape index (κ3) is 2.09. The smallest absolute Gasteiger partial charge is 0.303 e. The lowest BCUT2D eigenvalue weighted by Crippen LogP contribution is -2.10. The first kappa shape index (κ1) is 12.2. The SMILES string of the molecule is Cc1cc(Oc2nc3ccc(N)cc3c(=O)[nH]2)n(C)n1. The Hall–Kier alpha value is -2.83. The minimum atomic E-state index is -0.295. The van der Waals surface area contributed by atoms with Gasteiger partial charge in [-0.05, 0) is 25.1 Å². The first-order valence-electron chi connectivity index (χ1n) is 6.01. The summed E-state index contributed by atoms with van der Waals surface area (Å²) in [6.07, 6.45) is 0. The molecule has 0 aliphatic heterocycles. The molecule has 102 valence electrons. The van der Waals surface area contributed by atoms with E-state index in [0.717, 1.165) is 5.69 Å². The topological polar surface area (TPSA) is 98.8 Å². The molecule has 7 nitrogen and oxygen atoms in total. The van der Waals surface area contributed by atoms with Crippen LogP contribution in [-0.2, 0) is 7.05 Å². The molecular weight excluding hydrogens is 258 g/mol. The third-order valence-electron chi connectivity index (χ3n) is 2.87. The van der Waals surface area contributed by atoms with Crippen molar-refractivity contribution in [3.05, 3.63) is 40.3 Å². The van der Waals surface area contributed by atoms with E-state index >= 15 is 0 Å². The summed E-state index contributed by atoms with van der Waals surface area (Å²) in [5.41, 5.74) is 7.22. The second-order valence-corrected chi connectivity index (χ2v) is 4.50. The number of nitrogens with zero attached hydrogens (tertiary/aromatic N) is 3. The molecule has 0 spiro atoms. The van der Waals surface area contributed by atoms with Gasteiger partial charge in [-0.2, -0.15) is 10.1 Å². The first-order chi connectivity index (χ1) is 9.52. The quantitative estimate of drug-likeness (QED) is 0.685. The highest BCUT2D eigenvalue weighted by molar-refractivity contribution is 5.81. The fourth-order valence-corrected chi connectivity index (χ4v) is 1.96. The predicted molar refractivity (Wildman–Crippen MR) is 74.8 cm³/mol. The molecule has 2 aromatic heterocycles. The van der Waals surface area contributed by atoms with E-state index in [1.165, 1.54) is 0 Å². The maximum Gasteiger partial charge on any atom is 0.303 e. The summed E-state index contributed by atoms with van der Waals surface area (Å²) in [4.78, 5) is 18.8. The van der Waals surface area contributed by atoms with Crippen LogP contribution in [0.3, 0.4) is 0 Å². The highest BCUT2D eigenvalue weighted by Gasteiger charge is 2.09. The van der Waals surface area contributed by atoms with E-state index < -0.39 is 0 Å². The molecule has 0 radical (unpaired) electrons. The average molecular weight is 271 g/mol. The van der Waals surface area contributed by atoms with Crippen molar-refractivity contribution in [1.29, 1.82) is 0 Å². The van der Waals surface area contributed by atoms with Gasteiger partial charge in [0, 0.05) is 18.8 Å². The number of rotatable bonds is 2. The standard InChI is InChI=1S/C13H13N5O2/c1-7-5-11(18(2)17-7)20-13-15-10-4-3-8(14)6-9(10)12(19)16-13/h3-6H,14H2,1-2H3,(H,15,16,19). The van der Waals surface area contributed by atoms with Gasteiger partial charge in [0.15, 0.2) is 0 Å². The average Bonchev–Trinajstić information content (AvgIpc) is 2.69. The number of fused-ring (bicyclic) bond motifs is 1. The van der Waals surface area contributed by atoms with Crippen molar-refractivity contribution in [1.82, 2.24) is 19.7 Å².